The van der Waals surface area contributed by atoms with Crippen molar-refractivity contribution in [3.8, 4) is 11.3 Å². The van der Waals surface area contributed by atoms with Crippen LogP contribution in [0.25, 0.3) is 22.2 Å². The lowest BCUT2D eigenvalue weighted by atomic mass is 9.96. The minimum absolute atomic E-state index is 0.0975. The first-order valence-electron chi connectivity index (χ1n) is 7.36. The van der Waals surface area contributed by atoms with E-state index in [0.717, 1.165) is 40.7 Å². The Hall–Kier alpha value is -2.13. The van der Waals surface area contributed by atoms with Crippen molar-refractivity contribution < 1.29 is 0 Å². The molecule has 0 unspecified atom stereocenters. The molecule has 2 aliphatic rings. The lowest BCUT2D eigenvalue weighted by molar-refractivity contribution is 0.669. The number of nitrogens with two attached hydrogens (primary N) is 1. The van der Waals surface area contributed by atoms with Crippen LogP contribution in [0, 0.1) is 13.8 Å². The van der Waals surface area contributed by atoms with Gasteiger partial charge in [-0.1, -0.05) is 18.2 Å². The summed E-state index contributed by atoms with van der Waals surface area (Å²) in [6, 6.07) is 12.0. The van der Waals surface area contributed by atoms with E-state index < -0.39 is 0 Å². The number of pyridine rings is 1. The summed E-state index contributed by atoms with van der Waals surface area (Å²) in [4.78, 5) is 12.4. The number of benzene rings is 2. The molecule has 0 aromatic heterocycles. The Morgan fingerprint density at radius 2 is 1.90 bits per heavy atom. The zero-order valence-corrected chi connectivity index (χ0v) is 12.5. The van der Waals surface area contributed by atoms with E-state index in [2.05, 4.69) is 23.6 Å². The Kier molecular flexibility index (Phi) is 3.52. The quantitative estimate of drug-likeness (QED) is 0.749. The normalized spacial score (nSPS) is 11.4. The summed E-state index contributed by atoms with van der Waals surface area (Å²) in [5, 5.41) is 1.10. The van der Waals surface area contributed by atoms with Gasteiger partial charge in [0.25, 0.3) is 0 Å². The summed E-state index contributed by atoms with van der Waals surface area (Å²) in [6.45, 7) is 5.56. The van der Waals surface area contributed by atoms with Crippen LogP contribution >= 0.6 is 0 Å². The van der Waals surface area contributed by atoms with Crippen LogP contribution < -0.4 is 11.2 Å². The minimum Gasteiger partial charge on any atom is -0.340 e. The first-order chi connectivity index (χ1) is 10.1. The molecule has 3 heteroatoms. The number of nitrogens with zero attached hydrogens (tertiary/aromatic N) is 1. The molecular formula is C18H20N2O. The van der Waals surface area contributed by atoms with Crippen LogP contribution in [0.2, 0.25) is 0 Å². The maximum atomic E-state index is 12.4. The molecule has 1 heterocycles. The van der Waals surface area contributed by atoms with Gasteiger partial charge in [0, 0.05) is 17.6 Å². The second-order valence-corrected chi connectivity index (χ2v) is 5.58. The second-order valence-electron chi connectivity index (χ2n) is 5.58. The largest absolute Gasteiger partial charge is 0.340 e. The van der Waals surface area contributed by atoms with Crippen LogP contribution in [-0.4, -0.2) is 11.1 Å². The van der Waals surface area contributed by atoms with E-state index in [9.17, 15) is 4.79 Å². The molecule has 108 valence electrons. The third kappa shape index (κ3) is 2.24. The monoisotopic (exact) mass is 280 g/mol. The number of para-hydroxylation sites is 1. The lowest BCUT2D eigenvalue weighted by Gasteiger charge is -2.21. The number of hydrogen-bond acceptors (Lipinski definition) is 2. The molecule has 3 nitrogen and oxygen atoms in total. The van der Waals surface area contributed by atoms with Crippen molar-refractivity contribution in [1.82, 2.24) is 4.57 Å². The standard InChI is InChI=1S/C18H20N2O/c1-12-10-17(21)15-11-14-6-3-4-7-16(14)20(9-5-8-19)18(15)13(12)2/h3-4,6-7,10-11H,5,8-9,19H2,1-2H3. The second kappa shape index (κ2) is 5.34. The van der Waals surface area contributed by atoms with Gasteiger partial charge in [-0.2, -0.15) is 0 Å². The van der Waals surface area contributed by atoms with Gasteiger partial charge in [-0.3, -0.25) is 4.79 Å². The van der Waals surface area contributed by atoms with E-state index in [1.54, 1.807) is 6.07 Å². The van der Waals surface area contributed by atoms with Gasteiger partial charge in [-0.15, -0.1) is 0 Å². The summed E-state index contributed by atoms with van der Waals surface area (Å²) in [7, 11) is 0. The van der Waals surface area contributed by atoms with E-state index in [4.69, 9.17) is 5.73 Å². The van der Waals surface area contributed by atoms with E-state index in [1.165, 1.54) is 5.56 Å². The summed E-state index contributed by atoms with van der Waals surface area (Å²) < 4.78 is 2.25. The highest BCUT2D eigenvalue weighted by Gasteiger charge is 2.17. The van der Waals surface area contributed by atoms with Crippen molar-refractivity contribution in [2.45, 2.75) is 26.8 Å². The Labute approximate surface area is 124 Å². The van der Waals surface area contributed by atoms with E-state index in [1.807, 2.05) is 25.1 Å². The topological polar surface area (TPSA) is 48.0 Å². The van der Waals surface area contributed by atoms with Gasteiger partial charge in [0.1, 0.15) is 0 Å². The van der Waals surface area contributed by atoms with Gasteiger partial charge < -0.3 is 10.3 Å². The summed E-state index contributed by atoms with van der Waals surface area (Å²) in [5.74, 6) is 0. The van der Waals surface area contributed by atoms with Crippen molar-refractivity contribution in [1.29, 1.82) is 0 Å². The molecule has 0 saturated carbocycles. The third-order valence-electron chi connectivity index (χ3n) is 4.20. The highest BCUT2D eigenvalue weighted by molar-refractivity contribution is 5.87. The first-order valence-corrected chi connectivity index (χ1v) is 7.36. The predicted molar refractivity (Wildman–Crippen MR) is 88.0 cm³/mol. The van der Waals surface area contributed by atoms with Gasteiger partial charge in [0.2, 0.25) is 0 Å². The Morgan fingerprint density at radius 1 is 1.14 bits per heavy atom. The van der Waals surface area contributed by atoms with Gasteiger partial charge in [0.15, 0.2) is 5.43 Å². The molecule has 0 atom stereocenters. The first kappa shape index (κ1) is 13.8. The van der Waals surface area contributed by atoms with Crippen molar-refractivity contribution in [2.75, 3.05) is 6.54 Å². The third-order valence-corrected chi connectivity index (χ3v) is 4.20. The summed E-state index contributed by atoms with van der Waals surface area (Å²) in [5.41, 5.74) is 11.0. The van der Waals surface area contributed by atoms with Gasteiger partial charge in [-0.05, 0) is 61.5 Å². The lowest BCUT2D eigenvalue weighted by Crippen LogP contribution is -2.17. The molecule has 0 fully saturated rings. The molecule has 3 rings (SSSR count). The van der Waals surface area contributed by atoms with Crippen LogP contribution in [0.15, 0.2) is 41.2 Å². The number of hydrogen-bond donors (Lipinski definition) is 1. The van der Waals surface area contributed by atoms with Crippen LogP contribution in [0.5, 0.6) is 0 Å². The van der Waals surface area contributed by atoms with Crippen LogP contribution in [0.3, 0.4) is 0 Å². The highest BCUT2D eigenvalue weighted by Crippen LogP contribution is 2.30. The molecular weight excluding hydrogens is 260 g/mol. The van der Waals surface area contributed by atoms with Gasteiger partial charge in [0.05, 0.1) is 5.69 Å². The maximum Gasteiger partial charge on any atom is 0.188 e. The van der Waals surface area contributed by atoms with E-state index in [0.29, 0.717) is 6.54 Å². The SMILES string of the molecule is Cc1cc(=O)c2cc3ccccc3n(CCCN)c-2c1C. The molecule has 1 aromatic rings. The molecule has 1 aliphatic heterocycles. The zero-order valence-electron chi connectivity index (χ0n) is 12.5. The molecule has 1 aromatic carbocycles. The molecule has 0 radical (unpaired) electrons. The van der Waals surface area contributed by atoms with Crippen molar-refractivity contribution in [2.24, 2.45) is 5.73 Å². The molecule has 2 N–H and O–H groups in total. The molecule has 0 amide bonds. The Bertz CT molecular complexity index is 833. The van der Waals surface area contributed by atoms with Crippen LogP contribution in [-0.2, 0) is 6.54 Å². The fourth-order valence-electron chi connectivity index (χ4n) is 2.99. The smallest absolute Gasteiger partial charge is 0.188 e. The number of rotatable bonds is 3. The zero-order chi connectivity index (χ0) is 15.0. The van der Waals surface area contributed by atoms with Crippen molar-refractivity contribution in [3.05, 3.63) is 57.7 Å². The molecule has 1 aliphatic carbocycles. The minimum atomic E-state index is 0.0975. The molecule has 0 bridgehead atoms. The summed E-state index contributed by atoms with van der Waals surface area (Å²) in [6.07, 6.45) is 0.898. The predicted octanol–water partition coefficient (Wildman–Crippen LogP) is 3.07. The fraction of sp³-hybridized carbons (Fsp3) is 0.278. The number of fused-ring (bicyclic) bond motifs is 2. The van der Waals surface area contributed by atoms with Crippen LogP contribution in [0.4, 0.5) is 0 Å². The number of aryl methyl sites for hydroxylation is 2. The molecule has 0 saturated heterocycles. The van der Waals surface area contributed by atoms with Crippen molar-refractivity contribution >= 4 is 10.9 Å². The molecule has 21 heavy (non-hydrogen) atoms. The average Bonchev–Trinajstić information content (AvgIpc) is 2.49. The maximum absolute atomic E-state index is 12.4. The van der Waals surface area contributed by atoms with E-state index >= 15 is 0 Å². The number of aromatic nitrogens is 1. The highest BCUT2D eigenvalue weighted by atomic mass is 16.1. The van der Waals surface area contributed by atoms with Crippen molar-refractivity contribution in [3.63, 3.8) is 0 Å². The Balaban J connectivity index is 2.47. The van der Waals surface area contributed by atoms with Crippen LogP contribution in [0.1, 0.15) is 17.5 Å². The van der Waals surface area contributed by atoms with Gasteiger partial charge in [-0.25, -0.2) is 0 Å². The average molecular weight is 280 g/mol. The van der Waals surface area contributed by atoms with Gasteiger partial charge >= 0.3 is 0 Å². The van der Waals surface area contributed by atoms with E-state index in [-0.39, 0.29) is 5.43 Å². The Morgan fingerprint density at radius 3 is 2.67 bits per heavy atom. The molecule has 0 spiro atoms. The summed E-state index contributed by atoms with van der Waals surface area (Å²) >= 11 is 0. The fourth-order valence-corrected chi connectivity index (χ4v) is 2.99.